The molecule has 164 valence electrons. The van der Waals surface area contributed by atoms with Crippen LogP contribution in [0.5, 0.6) is 0 Å². The van der Waals surface area contributed by atoms with Crippen molar-refractivity contribution in [1.82, 2.24) is 19.9 Å². The zero-order chi connectivity index (χ0) is 22.9. The van der Waals surface area contributed by atoms with Crippen LogP contribution in [-0.2, 0) is 13.0 Å². The van der Waals surface area contributed by atoms with Gasteiger partial charge in [-0.05, 0) is 53.9 Å². The number of anilines is 1. The summed E-state index contributed by atoms with van der Waals surface area (Å²) in [7, 11) is 0. The first-order valence-corrected chi connectivity index (χ1v) is 11.1. The summed E-state index contributed by atoms with van der Waals surface area (Å²) in [6.45, 7) is 2.45. The lowest BCUT2D eigenvalue weighted by molar-refractivity contribution is 0.0953. The molecule has 1 amide bonds. The maximum atomic E-state index is 13.3. The van der Waals surface area contributed by atoms with Gasteiger partial charge in [0.15, 0.2) is 5.65 Å². The minimum absolute atomic E-state index is 0.304. The van der Waals surface area contributed by atoms with E-state index in [1.54, 1.807) is 16.7 Å². The zero-order valence-electron chi connectivity index (χ0n) is 18.0. The maximum Gasteiger partial charge on any atom is 0.257 e. The summed E-state index contributed by atoms with van der Waals surface area (Å²) in [6.07, 6.45) is 0.936. The molecule has 6 nitrogen and oxygen atoms in total. The molecule has 3 aromatic carbocycles. The van der Waals surface area contributed by atoms with Crippen LogP contribution in [0.25, 0.3) is 27.9 Å². The summed E-state index contributed by atoms with van der Waals surface area (Å²) in [5.41, 5.74) is 12.3. The number of amides is 1. The predicted molar refractivity (Wildman–Crippen MR) is 133 cm³/mol. The molecule has 0 saturated carbocycles. The minimum Gasteiger partial charge on any atom is -0.384 e. The lowest BCUT2D eigenvalue weighted by Gasteiger charge is -2.09. The number of aryl methyl sites for hydroxylation is 1. The summed E-state index contributed by atoms with van der Waals surface area (Å²) in [5.74, 6) is -0.000815. The standard InChI is InChI=1S/C26H22ClN5O/c1-2-16-9-13-19(14-10-16)32-24(28)22(26(33)29-15-17-7-11-18(27)12-8-17)23-25(32)31-21-6-4-3-5-20(21)30-23/h3-14H,2,15,28H2,1H3,(H,29,33). The normalized spacial score (nSPS) is 11.2. The number of aromatic nitrogens is 3. The van der Waals surface area contributed by atoms with Crippen molar-refractivity contribution >= 4 is 45.5 Å². The largest absolute Gasteiger partial charge is 0.384 e. The number of rotatable bonds is 5. The third kappa shape index (κ3) is 3.90. The van der Waals surface area contributed by atoms with E-state index in [9.17, 15) is 4.79 Å². The van der Waals surface area contributed by atoms with E-state index in [4.69, 9.17) is 27.3 Å². The van der Waals surface area contributed by atoms with Crippen molar-refractivity contribution < 1.29 is 4.79 Å². The fraction of sp³-hybridized carbons (Fsp3) is 0.115. The summed E-state index contributed by atoms with van der Waals surface area (Å²) >= 11 is 5.96. The number of benzene rings is 3. The second kappa shape index (κ2) is 8.56. The van der Waals surface area contributed by atoms with Gasteiger partial charge in [0.05, 0.1) is 11.0 Å². The smallest absolute Gasteiger partial charge is 0.257 e. The van der Waals surface area contributed by atoms with E-state index < -0.39 is 0 Å². The van der Waals surface area contributed by atoms with Gasteiger partial charge in [-0.1, -0.05) is 54.9 Å². The average molecular weight is 456 g/mol. The van der Waals surface area contributed by atoms with Crippen LogP contribution in [-0.4, -0.2) is 20.4 Å². The summed E-state index contributed by atoms with van der Waals surface area (Å²) in [5, 5.41) is 3.60. The SMILES string of the molecule is CCc1ccc(-n2c(N)c(C(=O)NCc3ccc(Cl)cc3)c3nc4ccccc4nc32)cc1. The van der Waals surface area contributed by atoms with Gasteiger partial charge in [0.1, 0.15) is 16.9 Å². The number of para-hydroxylation sites is 2. The molecule has 3 N–H and O–H groups in total. The molecule has 0 bridgehead atoms. The number of nitrogen functional groups attached to an aromatic ring is 1. The van der Waals surface area contributed by atoms with Gasteiger partial charge in [-0.15, -0.1) is 0 Å². The lowest BCUT2D eigenvalue weighted by atomic mass is 10.1. The highest BCUT2D eigenvalue weighted by Crippen LogP contribution is 2.31. The number of halogens is 1. The van der Waals surface area contributed by atoms with Crippen molar-refractivity contribution in [2.24, 2.45) is 0 Å². The first kappa shape index (κ1) is 21.0. The molecule has 0 unspecified atom stereocenters. The Labute approximate surface area is 196 Å². The molecule has 33 heavy (non-hydrogen) atoms. The van der Waals surface area contributed by atoms with E-state index in [0.29, 0.717) is 39.6 Å². The van der Waals surface area contributed by atoms with Crippen molar-refractivity contribution in [2.45, 2.75) is 19.9 Å². The second-order valence-corrected chi connectivity index (χ2v) is 8.25. The molecule has 7 heteroatoms. The first-order chi connectivity index (χ1) is 16.0. The number of carbonyl (C=O) groups excluding carboxylic acids is 1. The average Bonchev–Trinajstić information content (AvgIpc) is 3.12. The lowest BCUT2D eigenvalue weighted by Crippen LogP contribution is -2.24. The van der Waals surface area contributed by atoms with Crippen LogP contribution in [0.4, 0.5) is 5.82 Å². The molecule has 0 atom stereocenters. The Bertz CT molecular complexity index is 1470. The summed E-state index contributed by atoms with van der Waals surface area (Å²) in [4.78, 5) is 22.9. The van der Waals surface area contributed by atoms with Crippen molar-refractivity contribution in [1.29, 1.82) is 0 Å². The van der Waals surface area contributed by atoms with Crippen molar-refractivity contribution in [3.05, 3.63) is 94.5 Å². The van der Waals surface area contributed by atoms with Crippen LogP contribution in [0.15, 0.2) is 72.8 Å². The molecule has 2 heterocycles. The quantitative estimate of drug-likeness (QED) is 0.376. The molecule has 0 fully saturated rings. The van der Waals surface area contributed by atoms with E-state index in [2.05, 4.69) is 24.4 Å². The number of hydrogen-bond donors (Lipinski definition) is 2. The van der Waals surface area contributed by atoms with Gasteiger partial charge in [-0.25, -0.2) is 9.97 Å². The molecular weight excluding hydrogens is 434 g/mol. The fourth-order valence-corrected chi connectivity index (χ4v) is 4.03. The Morgan fingerprint density at radius 3 is 2.24 bits per heavy atom. The Morgan fingerprint density at radius 2 is 1.58 bits per heavy atom. The van der Waals surface area contributed by atoms with E-state index in [1.165, 1.54) is 5.56 Å². The molecule has 0 aliphatic rings. The summed E-state index contributed by atoms with van der Waals surface area (Å²) < 4.78 is 1.80. The van der Waals surface area contributed by atoms with E-state index >= 15 is 0 Å². The Hall–Kier alpha value is -3.90. The van der Waals surface area contributed by atoms with Crippen LogP contribution in [0.2, 0.25) is 5.02 Å². The third-order valence-electron chi connectivity index (χ3n) is 5.69. The molecule has 5 aromatic rings. The highest BCUT2D eigenvalue weighted by Gasteiger charge is 2.24. The highest BCUT2D eigenvalue weighted by molar-refractivity contribution is 6.30. The molecular formula is C26H22ClN5O. The molecule has 0 aliphatic heterocycles. The van der Waals surface area contributed by atoms with Crippen LogP contribution >= 0.6 is 11.6 Å². The van der Waals surface area contributed by atoms with E-state index in [0.717, 1.165) is 23.2 Å². The number of nitrogens with one attached hydrogen (secondary N) is 1. The van der Waals surface area contributed by atoms with Gasteiger partial charge >= 0.3 is 0 Å². The van der Waals surface area contributed by atoms with Crippen molar-refractivity contribution in [3.63, 3.8) is 0 Å². The zero-order valence-corrected chi connectivity index (χ0v) is 18.8. The van der Waals surface area contributed by atoms with Crippen LogP contribution in [0, 0.1) is 0 Å². The molecule has 0 saturated heterocycles. The maximum absolute atomic E-state index is 13.3. The summed E-state index contributed by atoms with van der Waals surface area (Å²) in [6, 6.07) is 23.0. The van der Waals surface area contributed by atoms with Crippen molar-refractivity contribution in [3.8, 4) is 5.69 Å². The van der Waals surface area contributed by atoms with Gasteiger partial charge < -0.3 is 11.1 Å². The number of fused-ring (bicyclic) bond motifs is 2. The van der Waals surface area contributed by atoms with E-state index in [-0.39, 0.29) is 5.91 Å². The number of nitrogens with two attached hydrogens (primary N) is 1. The van der Waals surface area contributed by atoms with Crippen LogP contribution in [0.1, 0.15) is 28.4 Å². The van der Waals surface area contributed by atoms with E-state index in [1.807, 2.05) is 48.5 Å². The monoisotopic (exact) mass is 455 g/mol. The Morgan fingerprint density at radius 1 is 0.939 bits per heavy atom. The highest BCUT2D eigenvalue weighted by atomic mass is 35.5. The Kier molecular flexibility index (Phi) is 5.44. The minimum atomic E-state index is -0.305. The number of hydrogen-bond acceptors (Lipinski definition) is 4. The van der Waals surface area contributed by atoms with Crippen molar-refractivity contribution in [2.75, 3.05) is 5.73 Å². The molecule has 0 radical (unpaired) electrons. The van der Waals surface area contributed by atoms with Gasteiger partial charge in [0, 0.05) is 17.3 Å². The van der Waals surface area contributed by atoms with Gasteiger partial charge in [0.2, 0.25) is 0 Å². The van der Waals surface area contributed by atoms with Crippen LogP contribution < -0.4 is 11.1 Å². The Balaban J connectivity index is 1.63. The number of nitrogens with zero attached hydrogens (tertiary/aromatic N) is 3. The number of carbonyl (C=O) groups is 1. The van der Waals surface area contributed by atoms with Gasteiger partial charge in [0.25, 0.3) is 5.91 Å². The van der Waals surface area contributed by atoms with Gasteiger partial charge in [-0.2, -0.15) is 0 Å². The molecule has 2 aromatic heterocycles. The van der Waals surface area contributed by atoms with Gasteiger partial charge in [-0.3, -0.25) is 9.36 Å². The predicted octanol–water partition coefficient (Wildman–Crippen LogP) is 5.30. The topological polar surface area (TPSA) is 85.8 Å². The molecule has 0 spiro atoms. The molecule has 0 aliphatic carbocycles. The molecule has 5 rings (SSSR count). The fourth-order valence-electron chi connectivity index (χ4n) is 3.90. The third-order valence-corrected chi connectivity index (χ3v) is 5.95. The second-order valence-electron chi connectivity index (χ2n) is 7.81. The first-order valence-electron chi connectivity index (χ1n) is 10.7. The van der Waals surface area contributed by atoms with Crippen LogP contribution in [0.3, 0.4) is 0 Å².